The van der Waals surface area contributed by atoms with Crippen LogP contribution in [0.4, 0.5) is 11.4 Å². The van der Waals surface area contributed by atoms with Crippen molar-refractivity contribution < 1.29 is 13.2 Å². The highest BCUT2D eigenvalue weighted by atomic mass is 32.2. The molecule has 1 aromatic carbocycles. The van der Waals surface area contributed by atoms with Crippen LogP contribution in [0.1, 0.15) is 24.8 Å². The molecule has 1 N–H and O–H groups in total. The summed E-state index contributed by atoms with van der Waals surface area (Å²) >= 11 is 0. The Hall–Kier alpha value is -1.82. The summed E-state index contributed by atoms with van der Waals surface area (Å²) in [5, 5.41) is 2.99. The van der Waals surface area contributed by atoms with Crippen molar-refractivity contribution in [2.24, 2.45) is 17.8 Å². The topological polar surface area (TPSA) is 66.5 Å². The molecule has 1 saturated heterocycles. The Kier molecular flexibility index (Phi) is 3.67. The van der Waals surface area contributed by atoms with Crippen molar-refractivity contribution in [1.29, 1.82) is 0 Å². The first kappa shape index (κ1) is 15.7. The van der Waals surface area contributed by atoms with Gasteiger partial charge in [0.15, 0.2) is 0 Å². The number of amides is 1. The molecule has 1 amide bonds. The van der Waals surface area contributed by atoms with Gasteiger partial charge < -0.3 is 5.32 Å². The first-order chi connectivity index (χ1) is 11.4. The van der Waals surface area contributed by atoms with E-state index in [9.17, 15) is 13.2 Å². The highest BCUT2D eigenvalue weighted by Crippen LogP contribution is 2.44. The predicted octanol–water partition coefficient (Wildman–Crippen LogP) is 2.69. The summed E-state index contributed by atoms with van der Waals surface area (Å²) in [6.45, 7) is 2.41. The number of aryl methyl sites for hydroxylation is 1. The van der Waals surface area contributed by atoms with Crippen LogP contribution in [0.25, 0.3) is 0 Å². The third kappa shape index (κ3) is 2.62. The van der Waals surface area contributed by atoms with Gasteiger partial charge in [0.2, 0.25) is 15.9 Å². The molecule has 3 atom stereocenters. The normalized spacial score (nSPS) is 30.0. The average molecular weight is 346 g/mol. The number of allylic oxidation sites excluding steroid dienone is 2. The number of carbonyl (C=O) groups is 1. The smallest absolute Gasteiger partial charge is 0.235 e. The zero-order chi connectivity index (χ0) is 16.9. The zero-order valence-electron chi connectivity index (χ0n) is 13.7. The second-order valence-electron chi connectivity index (χ2n) is 7.12. The number of anilines is 2. The largest absolute Gasteiger partial charge is 0.326 e. The number of nitrogens with one attached hydrogen (secondary N) is 1. The molecule has 0 spiro atoms. The first-order valence-electron chi connectivity index (χ1n) is 8.54. The molecule has 4 rings (SSSR count). The lowest BCUT2D eigenvalue weighted by atomic mass is 9.93. The van der Waals surface area contributed by atoms with Crippen LogP contribution in [0.3, 0.4) is 0 Å². The lowest BCUT2D eigenvalue weighted by Crippen LogP contribution is -2.27. The Labute approximate surface area is 142 Å². The standard InChI is InChI=1S/C18H22N2O3S/c1-12-3-6-15(11-17(12)20-7-2-8-24(20,22)23)19-18(21)16-10-13-4-5-14(16)9-13/h3-6,11,13-14,16H,2,7-10H2,1H3,(H,19,21)/t13-,14-,16-/m0/s1. The maximum Gasteiger partial charge on any atom is 0.235 e. The summed E-state index contributed by atoms with van der Waals surface area (Å²) in [5.41, 5.74) is 2.26. The highest BCUT2D eigenvalue weighted by molar-refractivity contribution is 7.93. The van der Waals surface area contributed by atoms with Gasteiger partial charge in [-0.3, -0.25) is 9.10 Å². The molecule has 24 heavy (non-hydrogen) atoms. The number of rotatable bonds is 3. The van der Waals surface area contributed by atoms with Crippen molar-refractivity contribution in [3.05, 3.63) is 35.9 Å². The average Bonchev–Trinajstić information content (AvgIpc) is 3.24. The van der Waals surface area contributed by atoms with Gasteiger partial charge >= 0.3 is 0 Å². The van der Waals surface area contributed by atoms with E-state index in [0.717, 1.165) is 18.4 Å². The van der Waals surface area contributed by atoms with E-state index in [2.05, 4.69) is 17.5 Å². The molecule has 128 valence electrons. The van der Waals surface area contributed by atoms with E-state index in [1.807, 2.05) is 19.1 Å². The lowest BCUT2D eigenvalue weighted by molar-refractivity contribution is -0.120. The van der Waals surface area contributed by atoms with Crippen LogP contribution >= 0.6 is 0 Å². The van der Waals surface area contributed by atoms with E-state index in [1.165, 1.54) is 4.31 Å². The molecule has 1 saturated carbocycles. The summed E-state index contributed by atoms with van der Waals surface area (Å²) in [6, 6.07) is 5.51. The Morgan fingerprint density at radius 1 is 1.25 bits per heavy atom. The number of fused-ring (bicyclic) bond motifs is 2. The van der Waals surface area contributed by atoms with Crippen LogP contribution in [0, 0.1) is 24.7 Å². The second-order valence-corrected chi connectivity index (χ2v) is 9.13. The van der Waals surface area contributed by atoms with E-state index >= 15 is 0 Å². The third-order valence-corrected chi connectivity index (χ3v) is 7.32. The molecule has 1 aliphatic heterocycles. The Morgan fingerprint density at radius 3 is 2.71 bits per heavy atom. The molecule has 1 heterocycles. The maximum atomic E-state index is 12.6. The number of sulfonamides is 1. The molecule has 2 aliphatic carbocycles. The number of hydrogen-bond donors (Lipinski definition) is 1. The molecule has 0 radical (unpaired) electrons. The van der Waals surface area contributed by atoms with Crippen LogP contribution in [0.5, 0.6) is 0 Å². The minimum absolute atomic E-state index is 0.0419. The summed E-state index contributed by atoms with van der Waals surface area (Å²) in [6.07, 6.45) is 7.04. The molecule has 1 aromatic rings. The van der Waals surface area contributed by atoms with Gasteiger partial charge in [-0.05, 0) is 55.7 Å². The fourth-order valence-corrected chi connectivity index (χ4v) is 5.80. The van der Waals surface area contributed by atoms with Gasteiger partial charge in [-0.1, -0.05) is 18.2 Å². The van der Waals surface area contributed by atoms with E-state index in [-0.39, 0.29) is 17.6 Å². The highest BCUT2D eigenvalue weighted by Gasteiger charge is 2.39. The SMILES string of the molecule is Cc1ccc(NC(=O)[C@H]2C[C@H]3C=C[C@H]2C3)cc1N1CCCS1(=O)=O. The molecule has 2 bridgehead atoms. The summed E-state index contributed by atoms with van der Waals surface area (Å²) in [5.74, 6) is 1.19. The second kappa shape index (κ2) is 5.62. The monoisotopic (exact) mass is 346 g/mol. The zero-order valence-corrected chi connectivity index (χ0v) is 14.6. The minimum atomic E-state index is -3.22. The van der Waals surface area contributed by atoms with E-state index in [4.69, 9.17) is 0 Å². The van der Waals surface area contributed by atoms with Crippen molar-refractivity contribution in [2.75, 3.05) is 21.9 Å². The van der Waals surface area contributed by atoms with Gasteiger partial charge in [0.25, 0.3) is 0 Å². The van der Waals surface area contributed by atoms with E-state index in [1.54, 1.807) is 6.07 Å². The molecule has 0 unspecified atom stereocenters. The van der Waals surface area contributed by atoms with Crippen LogP contribution in [0.2, 0.25) is 0 Å². The maximum absolute atomic E-state index is 12.6. The molecule has 2 fully saturated rings. The minimum Gasteiger partial charge on any atom is -0.326 e. The van der Waals surface area contributed by atoms with Gasteiger partial charge in [0.1, 0.15) is 0 Å². The van der Waals surface area contributed by atoms with Crippen LogP contribution in [-0.2, 0) is 14.8 Å². The number of hydrogen-bond acceptors (Lipinski definition) is 3. The van der Waals surface area contributed by atoms with Gasteiger partial charge in [-0.15, -0.1) is 0 Å². The molecule has 3 aliphatic rings. The van der Waals surface area contributed by atoms with Gasteiger partial charge in [-0.25, -0.2) is 8.42 Å². The Morgan fingerprint density at radius 2 is 2.08 bits per heavy atom. The summed E-state index contributed by atoms with van der Waals surface area (Å²) < 4.78 is 25.8. The van der Waals surface area contributed by atoms with Crippen molar-refractivity contribution in [3.63, 3.8) is 0 Å². The lowest BCUT2D eigenvalue weighted by Gasteiger charge is -2.21. The van der Waals surface area contributed by atoms with Crippen molar-refractivity contribution >= 4 is 27.3 Å². The number of nitrogens with zero attached hydrogens (tertiary/aromatic N) is 1. The fraction of sp³-hybridized carbons (Fsp3) is 0.500. The van der Waals surface area contributed by atoms with Crippen molar-refractivity contribution in [2.45, 2.75) is 26.2 Å². The van der Waals surface area contributed by atoms with Crippen LogP contribution in [0.15, 0.2) is 30.4 Å². The Balaban J connectivity index is 1.55. The molecular formula is C18H22N2O3S. The van der Waals surface area contributed by atoms with Crippen LogP contribution < -0.4 is 9.62 Å². The van der Waals surface area contributed by atoms with E-state index < -0.39 is 10.0 Å². The first-order valence-corrected chi connectivity index (χ1v) is 10.2. The third-order valence-electron chi connectivity index (χ3n) is 5.46. The molecule has 6 heteroatoms. The number of carbonyl (C=O) groups excluding carboxylic acids is 1. The molecule has 0 aromatic heterocycles. The van der Waals surface area contributed by atoms with Crippen molar-refractivity contribution in [1.82, 2.24) is 0 Å². The van der Waals surface area contributed by atoms with Crippen molar-refractivity contribution in [3.8, 4) is 0 Å². The molecular weight excluding hydrogens is 324 g/mol. The quantitative estimate of drug-likeness (QED) is 0.856. The van der Waals surface area contributed by atoms with Gasteiger partial charge in [0, 0.05) is 18.2 Å². The summed E-state index contributed by atoms with van der Waals surface area (Å²) in [7, 11) is -3.22. The van der Waals surface area contributed by atoms with Crippen LogP contribution in [-0.4, -0.2) is 26.6 Å². The van der Waals surface area contributed by atoms with Gasteiger partial charge in [-0.2, -0.15) is 0 Å². The van der Waals surface area contributed by atoms with E-state index in [0.29, 0.717) is 36.2 Å². The van der Waals surface area contributed by atoms with Gasteiger partial charge in [0.05, 0.1) is 11.4 Å². The molecule has 5 nitrogen and oxygen atoms in total. The number of benzene rings is 1. The summed E-state index contributed by atoms with van der Waals surface area (Å²) in [4.78, 5) is 12.6. The fourth-order valence-electron chi connectivity index (χ4n) is 4.18. The predicted molar refractivity (Wildman–Crippen MR) is 94.4 cm³/mol. The Bertz CT molecular complexity index is 816.